The van der Waals surface area contributed by atoms with Gasteiger partial charge in [-0.3, -0.25) is 5.32 Å². The van der Waals surface area contributed by atoms with Gasteiger partial charge in [0.25, 0.3) is 0 Å². The van der Waals surface area contributed by atoms with Gasteiger partial charge in [0, 0.05) is 18.7 Å². The molecule has 2 heterocycles. The van der Waals surface area contributed by atoms with Crippen LogP contribution in [0.5, 0.6) is 0 Å². The van der Waals surface area contributed by atoms with E-state index >= 15 is 0 Å². The van der Waals surface area contributed by atoms with Crippen LogP contribution in [0.3, 0.4) is 0 Å². The third-order valence-electron chi connectivity index (χ3n) is 5.88. The predicted molar refractivity (Wildman–Crippen MR) is 96.4 cm³/mol. The van der Waals surface area contributed by atoms with Crippen LogP contribution in [0.25, 0.3) is 0 Å². The largest absolute Gasteiger partial charge is 0.324 e. The molecule has 1 aliphatic heterocycles. The minimum Gasteiger partial charge on any atom is -0.324 e. The summed E-state index contributed by atoms with van der Waals surface area (Å²) in [5.74, 6) is 0.172. The molecule has 2 fully saturated rings. The topological polar surface area (TPSA) is 63.1 Å². The molecule has 1 spiro atoms. The highest BCUT2D eigenvalue weighted by molar-refractivity contribution is 5.89. The van der Waals surface area contributed by atoms with Crippen molar-refractivity contribution in [1.29, 1.82) is 0 Å². The Morgan fingerprint density at radius 3 is 2.81 bits per heavy atom. The number of urea groups is 1. The maximum Gasteiger partial charge on any atom is 0.323 e. The van der Waals surface area contributed by atoms with E-state index in [0.29, 0.717) is 16.8 Å². The number of hydrogen-bond donors (Lipinski definition) is 1. The van der Waals surface area contributed by atoms with Crippen molar-refractivity contribution in [3.8, 4) is 0 Å². The van der Waals surface area contributed by atoms with E-state index in [4.69, 9.17) is 0 Å². The molecular weight excluding hydrogens is 333 g/mol. The minimum absolute atomic E-state index is 0.116. The maximum atomic E-state index is 13.8. The van der Waals surface area contributed by atoms with Crippen LogP contribution in [-0.2, 0) is 6.54 Å². The standard InChI is InChI=1S/C19H24FN5O/c1-14-17(22-23-25(14)12-15-6-2-3-7-16(15)20)21-18(26)24-11-10-19(13-24)8-4-5-9-19/h2-3,6-7H,4-5,8-13H2,1H3,(H,21,26). The number of hydrogen-bond acceptors (Lipinski definition) is 3. The van der Waals surface area contributed by atoms with Crippen LogP contribution in [0.1, 0.15) is 43.4 Å². The third kappa shape index (κ3) is 3.18. The van der Waals surface area contributed by atoms with Gasteiger partial charge in [0.2, 0.25) is 0 Å². The Morgan fingerprint density at radius 2 is 2.04 bits per heavy atom. The molecule has 138 valence electrons. The molecule has 1 aliphatic carbocycles. The Bertz CT molecular complexity index is 812. The molecule has 2 aromatic rings. The maximum absolute atomic E-state index is 13.8. The van der Waals surface area contributed by atoms with Gasteiger partial charge < -0.3 is 4.90 Å². The molecule has 2 amide bonds. The Balaban J connectivity index is 1.42. The van der Waals surface area contributed by atoms with Crippen LogP contribution in [0.15, 0.2) is 24.3 Å². The van der Waals surface area contributed by atoms with Crippen molar-refractivity contribution in [3.63, 3.8) is 0 Å². The van der Waals surface area contributed by atoms with E-state index in [1.54, 1.807) is 22.9 Å². The van der Waals surface area contributed by atoms with Gasteiger partial charge in [-0.1, -0.05) is 36.3 Å². The van der Waals surface area contributed by atoms with Gasteiger partial charge >= 0.3 is 6.03 Å². The van der Waals surface area contributed by atoms with Gasteiger partial charge in [0.1, 0.15) is 5.82 Å². The molecule has 1 aromatic carbocycles. The summed E-state index contributed by atoms with van der Waals surface area (Å²) < 4.78 is 15.4. The van der Waals surface area contributed by atoms with E-state index < -0.39 is 0 Å². The molecule has 1 aromatic heterocycles. The van der Waals surface area contributed by atoms with Crippen LogP contribution in [0, 0.1) is 18.2 Å². The molecule has 2 aliphatic rings. The molecular formula is C19H24FN5O. The second kappa shape index (κ2) is 6.70. The lowest BCUT2D eigenvalue weighted by Gasteiger charge is -2.23. The molecule has 6 nitrogen and oxygen atoms in total. The van der Waals surface area contributed by atoms with Crippen molar-refractivity contribution in [2.75, 3.05) is 18.4 Å². The fourth-order valence-corrected chi connectivity index (χ4v) is 4.24. The Morgan fingerprint density at radius 1 is 1.27 bits per heavy atom. The van der Waals surface area contributed by atoms with Crippen LogP contribution in [0.2, 0.25) is 0 Å². The molecule has 0 atom stereocenters. The van der Waals surface area contributed by atoms with Crippen LogP contribution in [0.4, 0.5) is 15.0 Å². The SMILES string of the molecule is Cc1c(NC(=O)N2CCC3(CCCC3)C2)nnn1Cc1ccccc1F. The zero-order valence-corrected chi connectivity index (χ0v) is 15.0. The number of rotatable bonds is 3. The first-order chi connectivity index (χ1) is 12.6. The molecule has 1 N–H and O–H groups in total. The fraction of sp³-hybridized carbons (Fsp3) is 0.526. The first-order valence-electron chi connectivity index (χ1n) is 9.26. The highest BCUT2D eigenvalue weighted by Gasteiger charge is 2.41. The summed E-state index contributed by atoms with van der Waals surface area (Å²) in [4.78, 5) is 14.5. The molecule has 0 bridgehead atoms. The van der Waals surface area contributed by atoms with E-state index in [9.17, 15) is 9.18 Å². The summed E-state index contributed by atoms with van der Waals surface area (Å²) in [6.45, 7) is 3.75. The zero-order chi connectivity index (χ0) is 18.1. The van der Waals surface area contributed by atoms with Gasteiger partial charge in [-0.05, 0) is 37.7 Å². The summed E-state index contributed by atoms with van der Waals surface area (Å²) in [5, 5.41) is 11.0. The first kappa shape index (κ1) is 17.0. The van der Waals surface area contributed by atoms with Crippen molar-refractivity contribution >= 4 is 11.8 Å². The number of halogens is 1. The second-order valence-corrected chi connectivity index (χ2v) is 7.58. The van der Waals surface area contributed by atoms with Gasteiger partial charge in [0.15, 0.2) is 5.82 Å². The smallest absolute Gasteiger partial charge is 0.323 e. The predicted octanol–water partition coefficient (Wildman–Crippen LogP) is 3.57. The Hall–Kier alpha value is -2.44. The number of benzene rings is 1. The summed E-state index contributed by atoms with van der Waals surface area (Å²) in [5.41, 5.74) is 1.60. The van der Waals surface area contributed by atoms with Crippen molar-refractivity contribution < 1.29 is 9.18 Å². The number of likely N-dealkylation sites (tertiary alicyclic amines) is 1. The van der Waals surface area contributed by atoms with Gasteiger partial charge in [-0.25, -0.2) is 13.9 Å². The van der Waals surface area contributed by atoms with Crippen LogP contribution >= 0.6 is 0 Å². The number of carbonyl (C=O) groups excluding carboxylic acids is 1. The Kier molecular flexibility index (Phi) is 4.38. The second-order valence-electron chi connectivity index (χ2n) is 7.58. The molecule has 26 heavy (non-hydrogen) atoms. The Labute approximate surface area is 152 Å². The summed E-state index contributed by atoms with van der Waals surface area (Å²) in [7, 11) is 0. The molecule has 4 rings (SSSR count). The monoisotopic (exact) mass is 357 g/mol. The third-order valence-corrected chi connectivity index (χ3v) is 5.88. The number of anilines is 1. The highest BCUT2D eigenvalue weighted by Crippen LogP contribution is 2.45. The first-order valence-corrected chi connectivity index (χ1v) is 9.26. The average Bonchev–Trinajstić information content (AvgIpc) is 3.35. The lowest BCUT2D eigenvalue weighted by Crippen LogP contribution is -2.35. The average molecular weight is 357 g/mol. The van der Waals surface area contributed by atoms with Gasteiger partial charge in [-0.2, -0.15) is 0 Å². The van der Waals surface area contributed by atoms with E-state index in [0.717, 1.165) is 25.2 Å². The fourth-order valence-electron chi connectivity index (χ4n) is 4.24. The molecule has 0 radical (unpaired) electrons. The summed E-state index contributed by atoms with van der Waals surface area (Å²) in [6, 6.07) is 6.48. The van der Waals surface area contributed by atoms with Crippen molar-refractivity contribution in [2.24, 2.45) is 5.41 Å². The number of nitrogens with one attached hydrogen (secondary N) is 1. The molecule has 7 heteroatoms. The number of nitrogens with zero attached hydrogens (tertiary/aromatic N) is 4. The van der Waals surface area contributed by atoms with Gasteiger partial charge in [-0.15, -0.1) is 5.10 Å². The minimum atomic E-state index is -0.271. The normalized spacial score (nSPS) is 18.6. The summed E-state index contributed by atoms with van der Waals surface area (Å²) >= 11 is 0. The van der Waals surface area contributed by atoms with E-state index in [-0.39, 0.29) is 18.4 Å². The van der Waals surface area contributed by atoms with Crippen LogP contribution < -0.4 is 5.32 Å². The van der Waals surface area contributed by atoms with Crippen molar-refractivity contribution in [1.82, 2.24) is 19.9 Å². The lowest BCUT2D eigenvalue weighted by atomic mass is 9.86. The number of amides is 2. The quantitative estimate of drug-likeness (QED) is 0.913. The molecule has 0 unspecified atom stereocenters. The van der Waals surface area contributed by atoms with E-state index in [1.807, 2.05) is 11.8 Å². The van der Waals surface area contributed by atoms with Crippen LogP contribution in [-0.4, -0.2) is 39.0 Å². The summed E-state index contributed by atoms with van der Waals surface area (Å²) in [6.07, 6.45) is 6.11. The number of carbonyl (C=O) groups is 1. The van der Waals surface area contributed by atoms with E-state index in [1.165, 1.54) is 31.7 Å². The highest BCUT2D eigenvalue weighted by atomic mass is 19.1. The van der Waals surface area contributed by atoms with Crippen molar-refractivity contribution in [2.45, 2.75) is 45.6 Å². The lowest BCUT2D eigenvalue weighted by molar-refractivity contribution is 0.213. The molecule has 1 saturated heterocycles. The van der Waals surface area contributed by atoms with Gasteiger partial charge in [0.05, 0.1) is 12.2 Å². The van der Waals surface area contributed by atoms with Crippen molar-refractivity contribution in [3.05, 3.63) is 41.3 Å². The molecule has 1 saturated carbocycles. The zero-order valence-electron chi connectivity index (χ0n) is 15.0. The van der Waals surface area contributed by atoms with E-state index in [2.05, 4.69) is 15.6 Å². The number of aromatic nitrogens is 3.